The van der Waals surface area contributed by atoms with E-state index in [0.717, 1.165) is 16.7 Å². The summed E-state index contributed by atoms with van der Waals surface area (Å²) in [6, 6.07) is 15.2. The molecule has 0 saturated heterocycles. The van der Waals surface area contributed by atoms with Crippen molar-refractivity contribution in [1.29, 1.82) is 0 Å². The number of amides is 2. The lowest BCUT2D eigenvalue weighted by Gasteiger charge is -2.10. The summed E-state index contributed by atoms with van der Waals surface area (Å²) in [6.07, 6.45) is 2.55. The topological polar surface area (TPSA) is 72.2 Å². The van der Waals surface area contributed by atoms with Crippen LogP contribution in [0.5, 0.6) is 0 Å². The summed E-state index contributed by atoms with van der Waals surface area (Å²) < 4.78 is 0. The van der Waals surface area contributed by atoms with Gasteiger partial charge in [0.05, 0.1) is 0 Å². The smallest absolute Gasteiger partial charge is 0.249 e. The van der Waals surface area contributed by atoms with E-state index in [1.165, 1.54) is 0 Å². The predicted octanol–water partition coefficient (Wildman–Crippen LogP) is 2.69. The quantitative estimate of drug-likeness (QED) is 0.772. The third kappa shape index (κ3) is 4.54. The third-order valence-electron chi connectivity index (χ3n) is 3.52. The van der Waals surface area contributed by atoms with Gasteiger partial charge in [0.1, 0.15) is 0 Å². The zero-order chi connectivity index (χ0) is 16.7. The maximum atomic E-state index is 11.8. The van der Waals surface area contributed by atoms with Crippen LogP contribution in [0.2, 0.25) is 0 Å². The minimum Gasteiger partial charge on any atom is -0.366 e. The molecule has 0 fully saturated rings. The molecule has 4 nitrogen and oxygen atoms in total. The monoisotopic (exact) mass is 308 g/mol. The summed E-state index contributed by atoms with van der Waals surface area (Å²) in [4.78, 5) is 23.4. The molecule has 0 aliphatic rings. The SMILES string of the molecule is C=CCNC(=O)CCc1ccc(-c2ccccc2)c(C(N)=O)c1. The zero-order valence-corrected chi connectivity index (χ0v) is 12.9. The standard InChI is InChI=1S/C19H20N2O2/c1-2-12-21-18(22)11-9-14-8-10-16(17(13-14)19(20)23)15-6-4-3-5-7-15/h2-8,10,13H,1,9,11-12H2,(H2,20,23)(H,21,22). The van der Waals surface area contributed by atoms with Crippen LogP contribution in [0.25, 0.3) is 11.1 Å². The van der Waals surface area contributed by atoms with Crippen LogP contribution in [0.3, 0.4) is 0 Å². The van der Waals surface area contributed by atoms with Gasteiger partial charge in [-0.05, 0) is 29.2 Å². The van der Waals surface area contributed by atoms with Gasteiger partial charge in [-0.1, -0.05) is 48.5 Å². The average molecular weight is 308 g/mol. The van der Waals surface area contributed by atoms with Crippen molar-refractivity contribution in [3.63, 3.8) is 0 Å². The first-order chi connectivity index (χ1) is 11.1. The van der Waals surface area contributed by atoms with Crippen LogP contribution in [0, 0.1) is 0 Å². The zero-order valence-electron chi connectivity index (χ0n) is 12.9. The molecule has 0 heterocycles. The Balaban J connectivity index is 2.18. The van der Waals surface area contributed by atoms with Gasteiger partial charge in [-0.2, -0.15) is 0 Å². The van der Waals surface area contributed by atoms with Crippen molar-refractivity contribution >= 4 is 11.8 Å². The fraction of sp³-hybridized carbons (Fsp3) is 0.158. The Morgan fingerprint density at radius 1 is 1.13 bits per heavy atom. The van der Waals surface area contributed by atoms with Crippen LogP contribution in [0.1, 0.15) is 22.3 Å². The van der Waals surface area contributed by atoms with Gasteiger partial charge >= 0.3 is 0 Å². The Bertz CT molecular complexity index is 709. The van der Waals surface area contributed by atoms with Crippen molar-refractivity contribution in [2.24, 2.45) is 5.73 Å². The van der Waals surface area contributed by atoms with Crippen molar-refractivity contribution in [3.05, 3.63) is 72.3 Å². The van der Waals surface area contributed by atoms with Crippen molar-refractivity contribution in [1.82, 2.24) is 5.32 Å². The number of hydrogen-bond donors (Lipinski definition) is 2. The molecule has 0 spiro atoms. The molecule has 3 N–H and O–H groups in total. The lowest BCUT2D eigenvalue weighted by molar-refractivity contribution is -0.120. The molecule has 2 amide bonds. The second-order valence-electron chi connectivity index (χ2n) is 5.20. The van der Waals surface area contributed by atoms with E-state index in [-0.39, 0.29) is 5.91 Å². The summed E-state index contributed by atoms with van der Waals surface area (Å²) in [5.74, 6) is -0.514. The number of primary amides is 1. The first-order valence-electron chi connectivity index (χ1n) is 7.47. The normalized spacial score (nSPS) is 10.1. The lowest BCUT2D eigenvalue weighted by Crippen LogP contribution is -2.23. The highest BCUT2D eigenvalue weighted by Gasteiger charge is 2.11. The van der Waals surface area contributed by atoms with E-state index >= 15 is 0 Å². The number of aryl methyl sites for hydroxylation is 1. The second-order valence-corrected chi connectivity index (χ2v) is 5.20. The largest absolute Gasteiger partial charge is 0.366 e. The van der Waals surface area contributed by atoms with Crippen molar-refractivity contribution < 1.29 is 9.59 Å². The Labute approximate surface area is 136 Å². The maximum absolute atomic E-state index is 11.8. The molecule has 2 rings (SSSR count). The molecule has 0 aliphatic carbocycles. The van der Waals surface area contributed by atoms with E-state index in [9.17, 15) is 9.59 Å². The van der Waals surface area contributed by atoms with Gasteiger partial charge in [0, 0.05) is 18.5 Å². The highest BCUT2D eigenvalue weighted by atomic mass is 16.1. The molecule has 2 aromatic carbocycles. The summed E-state index contributed by atoms with van der Waals surface area (Å²) in [7, 11) is 0. The molecule has 2 aromatic rings. The van der Waals surface area contributed by atoms with E-state index in [1.807, 2.05) is 42.5 Å². The number of carbonyl (C=O) groups excluding carboxylic acids is 2. The summed E-state index contributed by atoms with van der Waals surface area (Å²) in [5, 5.41) is 2.73. The number of nitrogens with one attached hydrogen (secondary N) is 1. The van der Waals surface area contributed by atoms with Crippen LogP contribution < -0.4 is 11.1 Å². The van der Waals surface area contributed by atoms with Gasteiger partial charge in [-0.25, -0.2) is 0 Å². The van der Waals surface area contributed by atoms with Crippen LogP contribution >= 0.6 is 0 Å². The fourth-order valence-electron chi connectivity index (χ4n) is 2.35. The molecule has 0 radical (unpaired) electrons. The Hall–Kier alpha value is -2.88. The molecule has 118 valence electrons. The molecular weight excluding hydrogens is 288 g/mol. The maximum Gasteiger partial charge on any atom is 0.249 e. The number of carbonyl (C=O) groups is 2. The van der Waals surface area contributed by atoms with Gasteiger partial charge in [0.15, 0.2) is 0 Å². The van der Waals surface area contributed by atoms with Crippen molar-refractivity contribution in [2.75, 3.05) is 6.54 Å². The van der Waals surface area contributed by atoms with Crippen LogP contribution in [0.15, 0.2) is 61.2 Å². The molecule has 4 heteroatoms. The minimum atomic E-state index is -0.471. The molecule has 0 bridgehead atoms. The predicted molar refractivity (Wildman–Crippen MR) is 91.9 cm³/mol. The molecule has 0 atom stereocenters. The summed E-state index contributed by atoms with van der Waals surface area (Å²) >= 11 is 0. The van der Waals surface area contributed by atoms with Crippen LogP contribution in [-0.4, -0.2) is 18.4 Å². The van der Waals surface area contributed by atoms with Gasteiger partial charge < -0.3 is 11.1 Å². The van der Waals surface area contributed by atoms with Gasteiger partial charge in [-0.15, -0.1) is 6.58 Å². The Morgan fingerprint density at radius 2 is 1.87 bits per heavy atom. The highest BCUT2D eigenvalue weighted by molar-refractivity contribution is 6.00. The minimum absolute atomic E-state index is 0.0438. The third-order valence-corrected chi connectivity index (χ3v) is 3.52. The summed E-state index contributed by atoms with van der Waals surface area (Å²) in [5.41, 5.74) is 8.64. The van der Waals surface area contributed by atoms with Crippen LogP contribution in [0.4, 0.5) is 0 Å². The molecule has 23 heavy (non-hydrogen) atoms. The van der Waals surface area contributed by atoms with E-state index < -0.39 is 5.91 Å². The van der Waals surface area contributed by atoms with Crippen molar-refractivity contribution in [3.8, 4) is 11.1 Å². The number of hydrogen-bond acceptors (Lipinski definition) is 2. The fourth-order valence-corrected chi connectivity index (χ4v) is 2.35. The number of nitrogens with two attached hydrogens (primary N) is 1. The van der Waals surface area contributed by atoms with Crippen molar-refractivity contribution in [2.45, 2.75) is 12.8 Å². The number of rotatable bonds is 7. The van der Waals surface area contributed by atoms with Gasteiger partial charge in [-0.3, -0.25) is 9.59 Å². The van der Waals surface area contributed by atoms with E-state index in [4.69, 9.17) is 5.73 Å². The second kappa shape index (κ2) is 7.94. The highest BCUT2D eigenvalue weighted by Crippen LogP contribution is 2.24. The van der Waals surface area contributed by atoms with E-state index in [0.29, 0.717) is 24.9 Å². The Morgan fingerprint density at radius 3 is 2.52 bits per heavy atom. The van der Waals surface area contributed by atoms with E-state index in [1.54, 1.807) is 12.1 Å². The lowest BCUT2D eigenvalue weighted by atomic mass is 9.95. The summed E-state index contributed by atoms with van der Waals surface area (Å²) in [6.45, 7) is 4.01. The molecule has 0 saturated carbocycles. The van der Waals surface area contributed by atoms with Gasteiger partial charge in [0.2, 0.25) is 11.8 Å². The Kier molecular flexibility index (Phi) is 5.69. The number of benzene rings is 2. The first-order valence-corrected chi connectivity index (χ1v) is 7.47. The first kappa shape index (κ1) is 16.5. The van der Waals surface area contributed by atoms with Gasteiger partial charge in [0.25, 0.3) is 0 Å². The molecular formula is C19H20N2O2. The van der Waals surface area contributed by atoms with Crippen LogP contribution in [-0.2, 0) is 11.2 Å². The van der Waals surface area contributed by atoms with E-state index in [2.05, 4.69) is 11.9 Å². The molecule has 0 unspecified atom stereocenters. The average Bonchev–Trinajstić information content (AvgIpc) is 2.58. The molecule has 0 aromatic heterocycles. The molecule has 0 aliphatic heterocycles.